The third kappa shape index (κ3) is 13.6. The molecule has 4 unspecified atom stereocenters. The lowest BCUT2D eigenvalue weighted by Gasteiger charge is -2.25. The van der Waals surface area contributed by atoms with Crippen LogP contribution in [0.4, 0.5) is 0 Å². The zero-order valence-corrected chi connectivity index (χ0v) is 22.7. The van der Waals surface area contributed by atoms with Crippen LogP contribution in [0.5, 0.6) is 0 Å². The van der Waals surface area contributed by atoms with Gasteiger partial charge in [-0.2, -0.15) is 0 Å². The molecule has 220 valence electrons. The van der Waals surface area contributed by atoms with E-state index in [1.807, 2.05) is 13.8 Å². The Bertz CT molecular complexity index is 934. The Morgan fingerprint density at radius 1 is 0.974 bits per heavy atom. The molecule has 4 atom stereocenters. The second-order valence-electron chi connectivity index (χ2n) is 9.77. The molecule has 15 heteroatoms. The van der Waals surface area contributed by atoms with E-state index in [1.54, 1.807) is 0 Å². The number of imidazole rings is 1. The average Bonchev–Trinajstić information content (AvgIpc) is 3.37. The predicted octanol–water partition coefficient (Wildman–Crippen LogP) is -1.95. The van der Waals surface area contributed by atoms with E-state index in [2.05, 4.69) is 30.9 Å². The van der Waals surface area contributed by atoms with Crippen molar-refractivity contribution in [2.45, 2.75) is 83.0 Å². The van der Waals surface area contributed by atoms with Crippen LogP contribution in [-0.2, 0) is 25.6 Å². The van der Waals surface area contributed by atoms with Crippen LogP contribution in [0.15, 0.2) is 17.5 Å². The second kappa shape index (κ2) is 17.7. The van der Waals surface area contributed by atoms with Gasteiger partial charge in [-0.3, -0.25) is 19.4 Å². The zero-order chi connectivity index (χ0) is 29.4. The van der Waals surface area contributed by atoms with Gasteiger partial charge in [-0.05, 0) is 51.0 Å². The lowest BCUT2D eigenvalue weighted by atomic mass is 10.0. The van der Waals surface area contributed by atoms with Gasteiger partial charge in [-0.25, -0.2) is 9.78 Å². The summed E-state index contributed by atoms with van der Waals surface area (Å²) in [5.41, 5.74) is 22.8. The molecule has 0 fully saturated rings. The van der Waals surface area contributed by atoms with Crippen molar-refractivity contribution in [3.05, 3.63) is 18.2 Å². The van der Waals surface area contributed by atoms with E-state index in [0.29, 0.717) is 37.9 Å². The number of aromatic amines is 1. The van der Waals surface area contributed by atoms with Crippen molar-refractivity contribution in [3.63, 3.8) is 0 Å². The molecule has 0 saturated heterocycles. The molecule has 0 bridgehead atoms. The highest BCUT2D eigenvalue weighted by molar-refractivity contribution is 5.94. The Kier molecular flexibility index (Phi) is 15.1. The summed E-state index contributed by atoms with van der Waals surface area (Å²) in [5, 5.41) is 17.4. The van der Waals surface area contributed by atoms with Gasteiger partial charge < -0.3 is 49.0 Å². The van der Waals surface area contributed by atoms with Crippen LogP contribution in [0.1, 0.15) is 58.1 Å². The highest BCUT2D eigenvalue weighted by atomic mass is 16.4. The van der Waals surface area contributed by atoms with Crippen molar-refractivity contribution in [1.29, 1.82) is 0 Å². The van der Waals surface area contributed by atoms with E-state index in [0.717, 1.165) is 0 Å². The molecule has 1 aromatic rings. The number of aliphatic carboxylic acids is 1. The summed E-state index contributed by atoms with van der Waals surface area (Å²) in [4.78, 5) is 61.4. The number of carbonyl (C=O) groups excluding carboxylic acids is 3. The molecule has 15 nitrogen and oxygen atoms in total. The summed E-state index contributed by atoms with van der Waals surface area (Å²) in [7, 11) is 0. The Morgan fingerprint density at radius 2 is 1.56 bits per heavy atom. The Hall–Kier alpha value is -3.72. The first-order valence-corrected chi connectivity index (χ1v) is 13.1. The Labute approximate surface area is 228 Å². The molecule has 0 radical (unpaired) electrons. The Morgan fingerprint density at radius 3 is 2.08 bits per heavy atom. The van der Waals surface area contributed by atoms with Crippen molar-refractivity contribution in [3.8, 4) is 0 Å². The van der Waals surface area contributed by atoms with Crippen molar-refractivity contribution < 1.29 is 24.3 Å². The van der Waals surface area contributed by atoms with Gasteiger partial charge in [0.2, 0.25) is 17.7 Å². The first-order valence-electron chi connectivity index (χ1n) is 13.1. The SMILES string of the molecule is CC(C)CC(N)C(=O)NC(CCCN=C(N)N)C(=O)NC(CCCCN)C(=O)NC(Cc1cnc[nH]1)C(=O)O. The maximum absolute atomic E-state index is 13.3. The molecule has 0 spiro atoms. The number of carboxylic acids is 1. The topological polar surface area (TPSA) is 270 Å². The number of aliphatic imine (C=N–C) groups is 1. The summed E-state index contributed by atoms with van der Waals surface area (Å²) < 4.78 is 0. The maximum atomic E-state index is 13.3. The molecular formula is C24H44N10O5. The number of nitrogens with two attached hydrogens (primary N) is 4. The summed E-state index contributed by atoms with van der Waals surface area (Å²) in [5.74, 6) is -2.96. The van der Waals surface area contributed by atoms with Gasteiger partial charge in [-0.1, -0.05) is 13.8 Å². The number of aromatic nitrogens is 2. The smallest absolute Gasteiger partial charge is 0.326 e. The number of H-pyrrole nitrogens is 1. The lowest BCUT2D eigenvalue weighted by Crippen LogP contribution is -2.57. The number of hydrogen-bond acceptors (Lipinski definition) is 8. The van der Waals surface area contributed by atoms with Crippen LogP contribution in [0.2, 0.25) is 0 Å². The van der Waals surface area contributed by atoms with Crippen LogP contribution in [-0.4, -0.2) is 82.0 Å². The van der Waals surface area contributed by atoms with E-state index in [9.17, 15) is 24.3 Å². The highest BCUT2D eigenvalue weighted by Crippen LogP contribution is 2.08. The van der Waals surface area contributed by atoms with Crippen LogP contribution in [0, 0.1) is 5.92 Å². The largest absolute Gasteiger partial charge is 0.480 e. The minimum absolute atomic E-state index is 0.0260. The average molecular weight is 553 g/mol. The van der Waals surface area contributed by atoms with Gasteiger partial charge in [0.15, 0.2) is 5.96 Å². The zero-order valence-electron chi connectivity index (χ0n) is 22.7. The molecule has 39 heavy (non-hydrogen) atoms. The van der Waals surface area contributed by atoms with Crippen molar-refractivity contribution in [2.75, 3.05) is 13.1 Å². The van der Waals surface area contributed by atoms with Crippen LogP contribution < -0.4 is 38.9 Å². The van der Waals surface area contributed by atoms with E-state index in [1.165, 1.54) is 12.5 Å². The van der Waals surface area contributed by atoms with Gasteiger partial charge in [0.1, 0.15) is 18.1 Å². The van der Waals surface area contributed by atoms with Gasteiger partial charge in [-0.15, -0.1) is 0 Å². The van der Waals surface area contributed by atoms with Crippen molar-refractivity contribution >= 4 is 29.7 Å². The summed E-state index contributed by atoms with van der Waals surface area (Å²) in [6, 6.07) is -4.15. The van der Waals surface area contributed by atoms with Gasteiger partial charge >= 0.3 is 5.97 Å². The second-order valence-corrected chi connectivity index (χ2v) is 9.77. The maximum Gasteiger partial charge on any atom is 0.326 e. The fourth-order valence-electron chi connectivity index (χ4n) is 3.79. The molecule has 1 heterocycles. The van der Waals surface area contributed by atoms with E-state index in [-0.39, 0.29) is 37.7 Å². The number of nitrogens with one attached hydrogen (secondary N) is 4. The molecule has 1 rings (SSSR count). The number of amides is 3. The standard InChI is InChI=1S/C24H44N10O5/c1-14(2)10-16(26)20(35)32-18(7-5-9-30-24(27)28)21(36)33-17(6-3-4-8-25)22(37)34-19(23(38)39)11-15-12-29-13-31-15/h12-14,16-19H,3-11,25-26H2,1-2H3,(H,29,31)(H,32,35)(H,33,36)(H,34,37)(H,38,39)(H4,27,28,30). The summed E-state index contributed by atoms with van der Waals surface area (Å²) >= 11 is 0. The molecule has 1 aromatic heterocycles. The minimum Gasteiger partial charge on any atom is -0.480 e. The molecule has 13 N–H and O–H groups in total. The first kappa shape index (κ1) is 33.3. The number of unbranched alkanes of at least 4 members (excludes halogenated alkanes) is 1. The van der Waals surface area contributed by atoms with Gasteiger partial charge in [0, 0.05) is 24.9 Å². The van der Waals surface area contributed by atoms with Crippen molar-refractivity contribution in [2.24, 2.45) is 33.8 Å². The molecule has 0 aliphatic rings. The van der Waals surface area contributed by atoms with Crippen LogP contribution in [0.3, 0.4) is 0 Å². The van der Waals surface area contributed by atoms with Crippen molar-refractivity contribution in [1.82, 2.24) is 25.9 Å². The van der Waals surface area contributed by atoms with E-state index >= 15 is 0 Å². The predicted molar refractivity (Wildman–Crippen MR) is 146 cm³/mol. The van der Waals surface area contributed by atoms with Crippen LogP contribution in [0.25, 0.3) is 0 Å². The van der Waals surface area contributed by atoms with Gasteiger partial charge in [0.05, 0.1) is 12.4 Å². The highest BCUT2D eigenvalue weighted by Gasteiger charge is 2.30. The van der Waals surface area contributed by atoms with E-state index < -0.39 is 47.9 Å². The van der Waals surface area contributed by atoms with E-state index in [4.69, 9.17) is 22.9 Å². The molecule has 3 amide bonds. The Balaban J connectivity index is 3.02. The third-order valence-corrected chi connectivity index (χ3v) is 5.81. The normalized spacial score (nSPS) is 14.1. The number of nitrogens with zero attached hydrogens (tertiary/aromatic N) is 2. The third-order valence-electron chi connectivity index (χ3n) is 5.81. The minimum atomic E-state index is -1.25. The van der Waals surface area contributed by atoms with Gasteiger partial charge in [0.25, 0.3) is 0 Å². The fourth-order valence-corrected chi connectivity index (χ4v) is 3.79. The molecule has 0 saturated carbocycles. The summed E-state index contributed by atoms with van der Waals surface area (Å²) in [6.45, 7) is 4.47. The van der Waals surface area contributed by atoms with Crippen LogP contribution >= 0.6 is 0 Å². The molecule has 0 aliphatic heterocycles. The number of guanidine groups is 1. The summed E-state index contributed by atoms with van der Waals surface area (Å²) in [6.07, 6.45) is 5.12. The first-order chi connectivity index (χ1) is 18.4. The number of rotatable bonds is 19. The number of carboxylic acid groups (broad SMARTS) is 1. The lowest BCUT2D eigenvalue weighted by molar-refractivity contribution is -0.142. The fraction of sp³-hybridized carbons (Fsp3) is 0.667. The monoisotopic (exact) mass is 552 g/mol. The quantitative estimate of drug-likeness (QED) is 0.0519. The molecule has 0 aromatic carbocycles. The number of carbonyl (C=O) groups is 4. The number of hydrogen-bond donors (Lipinski definition) is 9. The molecule has 0 aliphatic carbocycles. The molecular weight excluding hydrogens is 508 g/mol.